The summed E-state index contributed by atoms with van der Waals surface area (Å²) in [5.41, 5.74) is 5.27. The number of nitrogens with two attached hydrogens (primary N) is 1. The number of aromatic nitrogens is 1. The third kappa shape index (κ3) is 2.75. The van der Waals surface area contributed by atoms with Crippen molar-refractivity contribution in [2.75, 3.05) is 18.0 Å². The van der Waals surface area contributed by atoms with E-state index in [4.69, 9.17) is 5.73 Å². The molecule has 3 nitrogen and oxygen atoms in total. The molecule has 6 heteroatoms. The van der Waals surface area contributed by atoms with Gasteiger partial charge < -0.3 is 10.6 Å². The molecule has 1 aromatic heterocycles. The van der Waals surface area contributed by atoms with Gasteiger partial charge in [-0.1, -0.05) is 6.92 Å². The molecule has 2 unspecified atom stereocenters. The topological polar surface area (TPSA) is 42.2 Å². The van der Waals surface area contributed by atoms with Crippen molar-refractivity contribution < 1.29 is 13.2 Å². The smallest absolute Gasteiger partial charge is 0.355 e. The second-order valence-electron chi connectivity index (χ2n) is 4.78. The Kier molecular flexibility index (Phi) is 3.47. The Morgan fingerprint density at radius 1 is 1.44 bits per heavy atom. The molecule has 1 aliphatic rings. The van der Waals surface area contributed by atoms with E-state index in [9.17, 15) is 13.2 Å². The summed E-state index contributed by atoms with van der Waals surface area (Å²) in [7, 11) is 0. The van der Waals surface area contributed by atoms with E-state index in [1.165, 1.54) is 6.20 Å². The maximum atomic E-state index is 12.6. The molecule has 2 heterocycles. The fraction of sp³-hybridized carbons (Fsp3) is 0.583. The van der Waals surface area contributed by atoms with Crippen molar-refractivity contribution in [3.8, 4) is 0 Å². The second-order valence-corrected chi connectivity index (χ2v) is 4.78. The molecule has 1 saturated heterocycles. The number of piperidine rings is 1. The minimum atomic E-state index is -4.33. The molecule has 0 saturated carbocycles. The first kappa shape index (κ1) is 13.1. The van der Waals surface area contributed by atoms with Crippen molar-refractivity contribution in [1.82, 2.24) is 4.98 Å². The van der Waals surface area contributed by atoms with Crippen LogP contribution in [0.2, 0.25) is 0 Å². The summed E-state index contributed by atoms with van der Waals surface area (Å²) in [5.74, 6) is 0.749. The van der Waals surface area contributed by atoms with Crippen LogP contribution in [0.5, 0.6) is 0 Å². The lowest BCUT2D eigenvalue weighted by atomic mass is 9.94. The summed E-state index contributed by atoms with van der Waals surface area (Å²) in [4.78, 5) is 5.83. The molecule has 1 fully saturated rings. The molecule has 0 aliphatic carbocycles. The quantitative estimate of drug-likeness (QED) is 0.841. The molecule has 18 heavy (non-hydrogen) atoms. The molecule has 100 valence electrons. The number of halogens is 3. The van der Waals surface area contributed by atoms with Crippen LogP contribution < -0.4 is 10.6 Å². The van der Waals surface area contributed by atoms with E-state index >= 15 is 0 Å². The number of nitrogens with zero attached hydrogens (tertiary/aromatic N) is 2. The van der Waals surface area contributed by atoms with Gasteiger partial charge in [-0.25, -0.2) is 4.98 Å². The van der Waals surface area contributed by atoms with E-state index < -0.39 is 11.7 Å². The Balaban J connectivity index is 2.19. The molecule has 0 radical (unpaired) electrons. The first-order chi connectivity index (χ1) is 8.38. The Labute approximate surface area is 104 Å². The fourth-order valence-electron chi connectivity index (χ4n) is 2.08. The van der Waals surface area contributed by atoms with E-state index in [1.54, 1.807) is 0 Å². The molecule has 2 atom stereocenters. The molecule has 1 aliphatic heterocycles. The van der Waals surface area contributed by atoms with Gasteiger partial charge in [-0.15, -0.1) is 0 Å². The third-order valence-electron chi connectivity index (χ3n) is 3.41. The van der Waals surface area contributed by atoms with Gasteiger partial charge in [0.25, 0.3) is 0 Å². The van der Waals surface area contributed by atoms with Crippen molar-refractivity contribution in [3.63, 3.8) is 0 Å². The summed E-state index contributed by atoms with van der Waals surface area (Å²) < 4.78 is 37.8. The standard InChI is InChI=1S/C12H16F3N3/c1-8-3-5-18(7-10(8)16)11-6-9(2-4-17-11)12(13,14)15/h2,4,6,8,10H,3,5,7,16H2,1H3. The Hall–Kier alpha value is -1.30. The van der Waals surface area contributed by atoms with Crippen LogP contribution in [0.15, 0.2) is 18.3 Å². The van der Waals surface area contributed by atoms with E-state index in [1.807, 2.05) is 4.90 Å². The zero-order valence-electron chi connectivity index (χ0n) is 10.1. The maximum Gasteiger partial charge on any atom is 0.416 e. The van der Waals surface area contributed by atoms with Crippen LogP contribution in [-0.2, 0) is 6.18 Å². The minimum Gasteiger partial charge on any atom is -0.355 e. The Bertz CT molecular complexity index is 419. The number of hydrogen-bond donors (Lipinski definition) is 1. The number of rotatable bonds is 1. The largest absolute Gasteiger partial charge is 0.416 e. The summed E-state index contributed by atoms with van der Waals surface area (Å²) in [6.07, 6.45) is -2.26. The van der Waals surface area contributed by atoms with E-state index in [0.717, 1.165) is 18.6 Å². The maximum absolute atomic E-state index is 12.6. The average Bonchev–Trinajstić information content (AvgIpc) is 2.32. The monoisotopic (exact) mass is 259 g/mol. The lowest BCUT2D eigenvalue weighted by molar-refractivity contribution is -0.137. The predicted molar refractivity (Wildman–Crippen MR) is 63.2 cm³/mol. The average molecular weight is 259 g/mol. The highest BCUT2D eigenvalue weighted by Gasteiger charge is 2.32. The molecule has 0 bridgehead atoms. The van der Waals surface area contributed by atoms with Crippen LogP contribution in [0.3, 0.4) is 0 Å². The van der Waals surface area contributed by atoms with Crippen molar-refractivity contribution in [2.45, 2.75) is 25.6 Å². The number of pyridine rings is 1. The fourth-order valence-corrected chi connectivity index (χ4v) is 2.08. The van der Waals surface area contributed by atoms with Gasteiger partial charge in [0.15, 0.2) is 0 Å². The van der Waals surface area contributed by atoms with Gasteiger partial charge in [0.2, 0.25) is 0 Å². The molecule has 2 rings (SSSR count). The Morgan fingerprint density at radius 2 is 2.17 bits per heavy atom. The van der Waals surface area contributed by atoms with Crippen LogP contribution in [0, 0.1) is 5.92 Å². The van der Waals surface area contributed by atoms with Crippen molar-refractivity contribution in [3.05, 3.63) is 23.9 Å². The summed E-state index contributed by atoms with van der Waals surface area (Å²) in [5, 5.41) is 0. The van der Waals surface area contributed by atoms with Gasteiger partial charge in [-0.2, -0.15) is 13.2 Å². The summed E-state index contributed by atoms with van der Waals surface area (Å²) in [6.45, 7) is 3.31. The van der Waals surface area contributed by atoms with Crippen molar-refractivity contribution in [1.29, 1.82) is 0 Å². The predicted octanol–water partition coefficient (Wildman–Crippen LogP) is 2.27. The first-order valence-electron chi connectivity index (χ1n) is 5.91. The highest BCUT2D eigenvalue weighted by Crippen LogP contribution is 2.31. The molecule has 1 aromatic rings. The highest BCUT2D eigenvalue weighted by molar-refractivity contribution is 5.42. The van der Waals surface area contributed by atoms with E-state index in [2.05, 4.69) is 11.9 Å². The third-order valence-corrected chi connectivity index (χ3v) is 3.41. The van der Waals surface area contributed by atoms with Gasteiger partial charge in [-0.05, 0) is 24.5 Å². The van der Waals surface area contributed by atoms with E-state index in [-0.39, 0.29) is 6.04 Å². The van der Waals surface area contributed by atoms with Crippen LogP contribution in [0.4, 0.5) is 19.0 Å². The van der Waals surface area contributed by atoms with Gasteiger partial charge in [-0.3, -0.25) is 0 Å². The van der Waals surface area contributed by atoms with Crippen molar-refractivity contribution >= 4 is 5.82 Å². The van der Waals surface area contributed by atoms with Crippen LogP contribution in [0.25, 0.3) is 0 Å². The van der Waals surface area contributed by atoms with Crippen LogP contribution in [-0.4, -0.2) is 24.1 Å². The molecule has 0 amide bonds. The molecule has 0 spiro atoms. The first-order valence-corrected chi connectivity index (χ1v) is 5.91. The normalized spacial score (nSPS) is 25.3. The number of anilines is 1. The summed E-state index contributed by atoms with van der Waals surface area (Å²) in [6, 6.07) is 2.05. The van der Waals surface area contributed by atoms with Gasteiger partial charge in [0.1, 0.15) is 5.82 Å². The molecular formula is C12H16F3N3. The SMILES string of the molecule is CC1CCN(c2cc(C(F)(F)F)ccn2)CC1N. The molecule has 0 aromatic carbocycles. The van der Waals surface area contributed by atoms with Crippen LogP contribution in [0.1, 0.15) is 18.9 Å². The summed E-state index contributed by atoms with van der Waals surface area (Å²) >= 11 is 0. The number of alkyl halides is 3. The lowest BCUT2D eigenvalue weighted by Crippen LogP contribution is -2.47. The highest BCUT2D eigenvalue weighted by atomic mass is 19.4. The number of hydrogen-bond acceptors (Lipinski definition) is 3. The van der Waals surface area contributed by atoms with Gasteiger partial charge in [0.05, 0.1) is 5.56 Å². The van der Waals surface area contributed by atoms with Gasteiger partial charge >= 0.3 is 6.18 Å². The Morgan fingerprint density at radius 3 is 2.78 bits per heavy atom. The molecule has 2 N–H and O–H groups in total. The lowest BCUT2D eigenvalue weighted by Gasteiger charge is -2.35. The second kappa shape index (κ2) is 4.76. The molecular weight excluding hydrogens is 243 g/mol. The van der Waals surface area contributed by atoms with Crippen molar-refractivity contribution in [2.24, 2.45) is 11.7 Å². The van der Waals surface area contributed by atoms with Gasteiger partial charge in [0, 0.05) is 25.3 Å². The zero-order valence-corrected chi connectivity index (χ0v) is 10.1. The minimum absolute atomic E-state index is 0.0184. The van der Waals surface area contributed by atoms with E-state index in [0.29, 0.717) is 24.8 Å². The van der Waals surface area contributed by atoms with Crippen LogP contribution >= 0.6 is 0 Å². The zero-order chi connectivity index (χ0) is 13.3.